The van der Waals surface area contributed by atoms with E-state index in [1.54, 1.807) is 6.07 Å². The Balaban J connectivity index is 1.26. The minimum atomic E-state index is -4.50. The molecule has 0 unspecified atom stereocenters. The summed E-state index contributed by atoms with van der Waals surface area (Å²) in [4.78, 5) is 32.9. The normalized spacial score (nSPS) is 18.3. The molecule has 4 heterocycles. The van der Waals surface area contributed by atoms with Gasteiger partial charge in [0.05, 0.1) is 16.8 Å². The highest BCUT2D eigenvalue weighted by molar-refractivity contribution is 6.33. The Morgan fingerprint density at radius 1 is 1.15 bits per heavy atom. The number of carbonyl (C=O) groups excluding carboxylic acids is 2. The van der Waals surface area contributed by atoms with Crippen molar-refractivity contribution in [1.82, 2.24) is 15.2 Å². The lowest BCUT2D eigenvalue weighted by atomic mass is 9.93. The van der Waals surface area contributed by atoms with Crippen molar-refractivity contribution in [2.45, 2.75) is 44.8 Å². The summed E-state index contributed by atoms with van der Waals surface area (Å²) in [6.45, 7) is 3.92. The summed E-state index contributed by atoms with van der Waals surface area (Å²) in [5.74, 6) is 0.311. The zero-order chi connectivity index (χ0) is 24.5. The fraction of sp³-hybridized carbons (Fsp3) is 0.522. The van der Waals surface area contributed by atoms with Crippen LogP contribution in [0.2, 0.25) is 5.02 Å². The number of anilines is 1. The minimum absolute atomic E-state index is 0.0178. The number of furan rings is 1. The van der Waals surface area contributed by atoms with E-state index in [1.165, 1.54) is 6.26 Å². The number of aryl methyl sites for hydroxylation is 1. The van der Waals surface area contributed by atoms with E-state index in [1.807, 2.05) is 16.7 Å². The number of amides is 2. The smallest absolute Gasteiger partial charge is 0.417 e. The van der Waals surface area contributed by atoms with Crippen LogP contribution in [0.25, 0.3) is 0 Å². The van der Waals surface area contributed by atoms with Gasteiger partial charge in [0.15, 0.2) is 5.76 Å². The molecule has 1 N–H and O–H groups in total. The van der Waals surface area contributed by atoms with E-state index in [4.69, 9.17) is 16.0 Å². The van der Waals surface area contributed by atoms with Crippen LogP contribution in [0.1, 0.15) is 47.4 Å². The van der Waals surface area contributed by atoms with Gasteiger partial charge in [-0.2, -0.15) is 13.2 Å². The first-order chi connectivity index (χ1) is 16.1. The Bertz CT molecular complexity index is 1040. The van der Waals surface area contributed by atoms with Crippen LogP contribution in [0.5, 0.6) is 0 Å². The number of likely N-dealkylation sites (tertiary alicyclic amines) is 1. The number of pyridine rings is 1. The fourth-order valence-corrected chi connectivity index (χ4v) is 4.80. The highest BCUT2D eigenvalue weighted by Crippen LogP contribution is 2.35. The molecule has 34 heavy (non-hydrogen) atoms. The van der Waals surface area contributed by atoms with E-state index in [0.717, 1.165) is 17.8 Å². The first kappa shape index (κ1) is 24.4. The van der Waals surface area contributed by atoms with Crippen LogP contribution >= 0.6 is 11.6 Å². The molecule has 0 atom stereocenters. The molecule has 0 radical (unpaired) electrons. The van der Waals surface area contributed by atoms with Gasteiger partial charge in [-0.15, -0.1) is 0 Å². The Hall–Kier alpha value is -2.75. The van der Waals surface area contributed by atoms with Crippen LogP contribution in [-0.2, 0) is 11.0 Å². The maximum Gasteiger partial charge on any atom is 0.417 e. The number of alkyl halides is 3. The largest absolute Gasteiger partial charge is 0.459 e. The molecule has 2 aromatic rings. The molecule has 0 saturated carbocycles. The summed E-state index contributed by atoms with van der Waals surface area (Å²) in [5, 5.41) is 2.93. The number of hydrogen-bond acceptors (Lipinski definition) is 5. The number of carbonyl (C=O) groups is 2. The number of aromatic nitrogens is 1. The van der Waals surface area contributed by atoms with Crippen LogP contribution in [-0.4, -0.2) is 53.9 Å². The molecular weight excluding hydrogens is 473 g/mol. The third-order valence-corrected chi connectivity index (χ3v) is 6.78. The topological polar surface area (TPSA) is 78.7 Å². The molecule has 2 aliphatic heterocycles. The summed E-state index contributed by atoms with van der Waals surface area (Å²) in [5.41, 5.74) is -0.102. The van der Waals surface area contributed by atoms with Crippen LogP contribution in [0, 0.1) is 12.8 Å². The molecule has 184 valence electrons. The van der Waals surface area contributed by atoms with E-state index in [9.17, 15) is 22.8 Å². The Morgan fingerprint density at radius 3 is 2.38 bits per heavy atom. The lowest BCUT2D eigenvalue weighted by Crippen LogP contribution is -2.49. The van der Waals surface area contributed by atoms with Gasteiger partial charge in [0.1, 0.15) is 5.82 Å². The van der Waals surface area contributed by atoms with Crippen molar-refractivity contribution in [3.8, 4) is 0 Å². The molecule has 0 spiro atoms. The summed E-state index contributed by atoms with van der Waals surface area (Å²) >= 11 is 6.07. The predicted octanol–water partition coefficient (Wildman–Crippen LogP) is 4.29. The number of hydrogen-bond donors (Lipinski definition) is 1. The van der Waals surface area contributed by atoms with Gasteiger partial charge >= 0.3 is 6.18 Å². The number of rotatable bonds is 4. The molecule has 2 aliphatic rings. The van der Waals surface area contributed by atoms with Crippen molar-refractivity contribution < 1.29 is 27.2 Å². The summed E-state index contributed by atoms with van der Waals surface area (Å²) < 4.78 is 43.8. The van der Waals surface area contributed by atoms with Gasteiger partial charge in [-0.25, -0.2) is 4.98 Å². The van der Waals surface area contributed by atoms with Gasteiger partial charge in [0, 0.05) is 49.9 Å². The average Bonchev–Trinajstić information content (AvgIpc) is 3.24. The maximum atomic E-state index is 13.0. The van der Waals surface area contributed by atoms with Crippen molar-refractivity contribution >= 4 is 29.2 Å². The van der Waals surface area contributed by atoms with Crippen LogP contribution in [0.4, 0.5) is 19.0 Å². The lowest BCUT2D eigenvalue weighted by Gasteiger charge is -2.38. The minimum Gasteiger partial charge on any atom is -0.459 e. The van der Waals surface area contributed by atoms with Crippen LogP contribution in [0.15, 0.2) is 29.0 Å². The van der Waals surface area contributed by atoms with Gasteiger partial charge < -0.3 is 19.5 Å². The third-order valence-electron chi connectivity index (χ3n) is 6.50. The second-order valence-electron chi connectivity index (χ2n) is 8.79. The average molecular weight is 499 g/mol. The molecule has 4 rings (SSSR count). The summed E-state index contributed by atoms with van der Waals surface area (Å²) in [6, 6.07) is 2.61. The SMILES string of the molecule is Cc1ccoc1C(=O)NC1CCN(C(=O)C2CCN(c3ncc(C(F)(F)F)cc3Cl)CC2)CC1. The molecule has 2 amide bonds. The van der Waals surface area contributed by atoms with Crippen molar-refractivity contribution in [2.24, 2.45) is 5.92 Å². The molecule has 2 fully saturated rings. The van der Waals surface area contributed by atoms with Gasteiger partial charge in [-0.05, 0) is 44.7 Å². The van der Waals surface area contributed by atoms with Crippen molar-refractivity contribution in [3.05, 3.63) is 46.5 Å². The van der Waals surface area contributed by atoms with Crippen molar-refractivity contribution in [1.29, 1.82) is 0 Å². The van der Waals surface area contributed by atoms with E-state index >= 15 is 0 Å². The summed E-state index contributed by atoms with van der Waals surface area (Å²) in [6.07, 6.45) is 0.260. The Morgan fingerprint density at radius 2 is 1.82 bits per heavy atom. The zero-order valence-corrected chi connectivity index (χ0v) is 19.5. The van der Waals surface area contributed by atoms with Gasteiger partial charge in [-0.1, -0.05) is 11.6 Å². The van der Waals surface area contributed by atoms with Crippen molar-refractivity contribution in [2.75, 3.05) is 31.1 Å². The first-order valence-corrected chi connectivity index (χ1v) is 11.6. The maximum absolute atomic E-state index is 13.0. The van der Waals surface area contributed by atoms with E-state index in [0.29, 0.717) is 63.4 Å². The molecule has 11 heteroatoms. The fourth-order valence-electron chi connectivity index (χ4n) is 4.52. The van der Waals surface area contributed by atoms with Crippen LogP contribution < -0.4 is 10.2 Å². The van der Waals surface area contributed by atoms with Gasteiger partial charge in [-0.3, -0.25) is 9.59 Å². The second-order valence-corrected chi connectivity index (χ2v) is 9.20. The molecule has 2 aromatic heterocycles. The molecule has 0 aliphatic carbocycles. The molecular formula is C23H26ClF3N4O3. The van der Waals surface area contributed by atoms with Gasteiger partial charge in [0.25, 0.3) is 5.91 Å². The molecule has 0 aromatic carbocycles. The van der Waals surface area contributed by atoms with E-state index < -0.39 is 11.7 Å². The van der Waals surface area contributed by atoms with E-state index in [2.05, 4.69) is 10.3 Å². The zero-order valence-electron chi connectivity index (χ0n) is 18.7. The predicted molar refractivity (Wildman–Crippen MR) is 120 cm³/mol. The van der Waals surface area contributed by atoms with Gasteiger partial charge in [0.2, 0.25) is 5.91 Å². The summed E-state index contributed by atoms with van der Waals surface area (Å²) in [7, 11) is 0. The van der Waals surface area contributed by atoms with E-state index in [-0.39, 0.29) is 28.8 Å². The quantitative estimate of drug-likeness (QED) is 0.680. The standard InChI is InChI=1S/C23H26ClF3N4O3/c1-14-6-11-34-19(14)21(32)29-17-4-9-31(10-5-17)22(33)15-2-7-30(8-3-15)20-18(24)12-16(13-28-20)23(25,26)27/h6,11-13,15,17H,2-5,7-10H2,1H3,(H,29,32). The number of halogens is 4. The van der Waals surface area contributed by atoms with Crippen LogP contribution in [0.3, 0.4) is 0 Å². The molecule has 0 bridgehead atoms. The lowest BCUT2D eigenvalue weighted by molar-refractivity contribution is -0.138. The third kappa shape index (κ3) is 5.32. The number of nitrogens with one attached hydrogen (secondary N) is 1. The van der Waals surface area contributed by atoms with Crippen molar-refractivity contribution in [3.63, 3.8) is 0 Å². The molecule has 7 nitrogen and oxygen atoms in total. The molecule has 2 saturated heterocycles. The Kier molecular flexibility index (Phi) is 7.06. The highest BCUT2D eigenvalue weighted by Gasteiger charge is 2.34. The Labute approximate surface area is 200 Å². The monoisotopic (exact) mass is 498 g/mol. The number of nitrogens with zero attached hydrogens (tertiary/aromatic N) is 3. The highest BCUT2D eigenvalue weighted by atomic mass is 35.5. The number of piperidine rings is 2. The second kappa shape index (κ2) is 9.85. The first-order valence-electron chi connectivity index (χ1n) is 11.2.